The van der Waals surface area contributed by atoms with Crippen molar-refractivity contribution in [2.45, 2.75) is 39.1 Å². The zero-order valence-corrected chi connectivity index (χ0v) is 16.4. The van der Waals surface area contributed by atoms with E-state index >= 15 is 0 Å². The molecular weight excluding hydrogens is 344 g/mol. The molecule has 0 saturated heterocycles. The molecule has 0 radical (unpaired) electrons. The van der Waals surface area contributed by atoms with Gasteiger partial charge in [-0.25, -0.2) is 4.79 Å². The van der Waals surface area contributed by atoms with Crippen molar-refractivity contribution in [2.24, 2.45) is 0 Å². The molecule has 0 saturated carbocycles. The summed E-state index contributed by atoms with van der Waals surface area (Å²) in [4.78, 5) is 16.5. The van der Waals surface area contributed by atoms with Crippen LogP contribution < -0.4 is 10.1 Å². The topological polar surface area (TPSA) is 75.5 Å². The van der Waals surface area contributed by atoms with Crippen LogP contribution in [0.2, 0.25) is 0 Å². The molecule has 1 aliphatic rings. The summed E-state index contributed by atoms with van der Waals surface area (Å²) in [7, 11) is 4.03. The summed E-state index contributed by atoms with van der Waals surface area (Å²) in [5.41, 5.74) is 1.13. The van der Waals surface area contributed by atoms with E-state index in [1.165, 1.54) is 0 Å². The van der Waals surface area contributed by atoms with Crippen molar-refractivity contribution in [3.8, 4) is 5.75 Å². The number of urea groups is 1. The highest BCUT2D eigenvalue weighted by molar-refractivity contribution is 5.74. The third-order valence-electron chi connectivity index (χ3n) is 4.63. The van der Waals surface area contributed by atoms with E-state index in [4.69, 9.17) is 4.74 Å². The number of hydrogen-bond donors (Lipinski definition) is 1. The maximum absolute atomic E-state index is 12.6. The van der Waals surface area contributed by atoms with Gasteiger partial charge in [0.05, 0.1) is 18.7 Å². The molecule has 2 amide bonds. The Balaban J connectivity index is 1.59. The van der Waals surface area contributed by atoms with Crippen LogP contribution in [0.25, 0.3) is 0 Å². The molecule has 1 atom stereocenters. The van der Waals surface area contributed by atoms with Crippen molar-refractivity contribution in [2.75, 3.05) is 27.2 Å². The first-order chi connectivity index (χ1) is 12.9. The van der Waals surface area contributed by atoms with Gasteiger partial charge in [0, 0.05) is 19.6 Å². The van der Waals surface area contributed by atoms with Crippen LogP contribution in [0.4, 0.5) is 4.79 Å². The van der Waals surface area contributed by atoms with Crippen molar-refractivity contribution in [1.82, 2.24) is 29.9 Å². The Hall–Kier alpha value is -2.61. The summed E-state index contributed by atoms with van der Waals surface area (Å²) in [5, 5.41) is 11.0. The molecule has 8 nitrogen and oxygen atoms in total. The van der Waals surface area contributed by atoms with Gasteiger partial charge in [0.2, 0.25) is 0 Å². The SMILES string of the molecule is CC(C)Oc1ccc(C(CNC(=O)N2CCn3cnnc3C2)N(C)C)cc1. The van der Waals surface area contributed by atoms with Gasteiger partial charge in [-0.15, -0.1) is 10.2 Å². The number of likely N-dealkylation sites (N-methyl/N-ethyl adjacent to an activating group) is 1. The highest BCUT2D eigenvalue weighted by Gasteiger charge is 2.23. The predicted octanol–water partition coefficient (Wildman–Crippen LogP) is 1.89. The zero-order chi connectivity index (χ0) is 19.4. The largest absolute Gasteiger partial charge is 0.491 e. The second-order valence-corrected chi connectivity index (χ2v) is 7.26. The van der Waals surface area contributed by atoms with Gasteiger partial charge >= 0.3 is 6.03 Å². The summed E-state index contributed by atoms with van der Waals surface area (Å²) >= 11 is 0. The number of carbonyl (C=O) groups is 1. The number of benzene rings is 1. The number of rotatable bonds is 6. The van der Waals surface area contributed by atoms with Crippen LogP contribution in [-0.2, 0) is 13.1 Å². The number of nitrogens with zero attached hydrogens (tertiary/aromatic N) is 5. The molecule has 3 rings (SSSR count). The number of aromatic nitrogens is 3. The molecule has 0 bridgehead atoms. The Morgan fingerprint density at radius 2 is 2.00 bits per heavy atom. The molecule has 1 N–H and O–H groups in total. The Morgan fingerprint density at radius 1 is 1.26 bits per heavy atom. The van der Waals surface area contributed by atoms with Crippen LogP contribution in [0, 0.1) is 0 Å². The summed E-state index contributed by atoms with van der Waals surface area (Å²) in [6, 6.07) is 8.07. The van der Waals surface area contributed by atoms with Crippen molar-refractivity contribution < 1.29 is 9.53 Å². The Labute approximate surface area is 160 Å². The Kier molecular flexibility index (Phi) is 5.95. The third kappa shape index (κ3) is 4.77. The van der Waals surface area contributed by atoms with Gasteiger partial charge in [-0.05, 0) is 45.6 Å². The van der Waals surface area contributed by atoms with E-state index in [0.717, 1.165) is 23.7 Å². The second-order valence-electron chi connectivity index (χ2n) is 7.26. The van der Waals surface area contributed by atoms with Gasteiger partial charge < -0.3 is 24.4 Å². The van der Waals surface area contributed by atoms with E-state index in [-0.39, 0.29) is 18.2 Å². The minimum atomic E-state index is -0.0733. The van der Waals surface area contributed by atoms with Crippen molar-refractivity contribution in [1.29, 1.82) is 0 Å². The lowest BCUT2D eigenvalue weighted by molar-refractivity contribution is 0.177. The molecule has 2 aromatic rings. The smallest absolute Gasteiger partial charge is 0.317 e. The fourth-order valence-electron chi connectivity index (χ4n) is 3.17. The van der Waals surface area contributed by atoms with Gasteiger partial charge in [-0.2, -0.15) is 0 Å². The molecule has 146 valence electrons. The molecule has 0 aliphatic carbocycles. The monoisotopic (exact) mass is 372 g/mol. The van der Waals surface area contributed by atoms with Crippen LogP contribution in [0.5, 0.6) is 5.75 Å². The lowest BCUT2D eigenvalue weighted by Crippen LogP contribution is -2.46. The highest BCUT2D eigenvalue weighted by Crippen LogP contribution is 2.21. The first-order valence-corrected chi connectivity index (χ1v) is 9.26. The predicted molar refractivity (Wildman–Crippen MR) is 102 cm³/mol. The highest BCUT2D eigenvalue weighted by atomic mass is 16.5. The third-order valence-corrected chi connectivity index (χ3v) is 4.63. The number of hydrogen-bond acceptors (Lipinski definition) is 5. The van der Waals surface area contributed by atoms with E-state index in [1.54, 1.807) is 11.2 Å². The fourth-order valence-corrected chi connectivity index (χ4v) is 3.17. The number of carbonyl (C=O) groups excluding carboxylic acids is 1. The second kappa shape index (κ2) is 8.39. The maximum atomic E-state index is 12.6. The van der Waals surface area contributed by atoms with Gasteiger partial charge in [0.25, 0.3) is 0 Å². The Morgan fingerprint density at radius 3 is 2.67 bits per heavy atom. The molecule has 0 spiro atoms. The Bertz CT molecular complexity index is 756. The number of amides is 2. The van der Waals surface area contributed by atoms with E-state index in [0.29, 0.717) is 19.6 Å². The maximum Gasteiger partial charge on any atom is 0.317 e. The summed E-state index contributed by atoms with van der Waals surface area (Å²) in [6.07, 6.45) is 1.86. The van der Waals surface area contributed by atoms with Crippen LogP contribution in [0.3, 0.4) is 0 Å². The minimum Gasteiger partial charge on any atom is -0.491 e. The van der Waals surface area contributed by atoms with Crippen molar-refractivity contribution in [3.05, 3.63) is 42.0 Å². The quantitative estimate of drug-likeness (QED) is 0.838. The van der Waals surface area contributed by atoms with E-state index < -0.39 is 0 Å². The van der Waals surface area contributed by atoms with Gasteiger partial charge in [-0.1, -0.05) is 12.1 Å². The van der Waals surface area contributed by atoms with Crippen LogP contribution in [0.1, 0.15) is 31.3 Å². The molecular formula is C19H28N6O2. The van der Waals surface area contributed by atoms with E-state index in [1.807, 2.05) is 44.6 Å². The average molecular weight is 372 g/mol. The van der Waals surface area contributed by atoms with Gasteiger partial charge in [0.15, 0.2) is 5.82 Å². The zero-order valence-electron chi connectivity index (χ0n) is 16.4. The minimum absolute atomic E-state index is 0.0733. The molecule has 27 heavy (non-hydrogen) atoms. The molecule has 8 heteroatoms. The van der Waals surface area contributed by atoms with Crippen LogP contribution >= 0.6 is 0 Å². The molecule has 2 heterocycles. The van der Waals surface area contributed by atoms with Gasteiger partial charge in [0.1, 0.15) is 12.1 Å². The van der Waals surface area contributed by atoms with Crippen molar-refractivity contribution in [3.63, 3.8) is 0 Å². The molecule has 1 aromatic carbocycles. The number of ether oxygens (including phenoxy) is 1. The van der Waals surface area contributed by atoms with Gasteiger partial charge in [-0.3, -0.25) is 0 Å². The number of nitrogens with one attached hydrogen (secondary N) is 1. The van der Waals surface area contributed by atoms with E-state index in [9.17, 15) is 4.79 Å². The first kappa shape index (κ1) is 19.2. The average Bonchev–Trinajstić information content (AvgIpc) is 3.10. The standard InChI is InChI=1S/C19H28N6O2/c1-14(2)27-16-7-5-15(6-8-16)17(23(3)4)11-20-19(26)24-9-10-25-13-21-22-18(25)12-24/h5-8,13-14,17H,9-12H2,1-4H3,(H,20,26). The normalized spacial score (nSPS) is 15.0. The van der Waals surface area contributed by atoms with Crippen LogP contribution in [0.15, 0.2) is 30.6 Å². The number of fused-ring (bicyclic) bond motifs is 1. The lowest BCUT2D eigenvalue weighted by atomic mass is 10.1. The summed E-state index contributed by atoms with van der Waals surface area (Å²) in [5.74, 6) is 1.68. The molecule has 0 fully saturated rings. The van der Waals surface area contributed by atoms with Crippen LogP contribution in [-0.4, -0.2) is 63.9 Å². The molecule has 1 aliphatic heterocycles. The van der Waals surface area contributed by atoms with Crippen molar-refractivity contribution >= 4 is 6.03 Å². The lowest BCUT2D eigenvalue weighted by Gasteiger charge is -2.30. The van der Waals surface area contributed by atoms with E-state index in [2.05, 4.69) is 32.5 Å². The molecule has 1 aromatic heterocycles. The summed E-state index contributed by atoms with van der Waals surface area (Å²) in [6.45, 7) is 6.42. The molecule has 1 unspecified atom stereocenters. The first-order valence-electron chi connectivity index (χ1n) is 9.26. The fraction of sp³-hybridized carbons (Fsp3) is 0.526. The summed E-state index contributed by atoms with van der Waals surface area (Å²) < 4.78 is 7.69.